The minimum Gasteiger partial charge on any atom is -0.320 e. The lowest BCUT2D eigenvalue weighted by molar-refractivity contribution is -0.136. The lowest BCUT2D eigenvalue weighted by atomic mass is 10.1. The molecule has 2 aromatic heterocycles. The minimum atomic E-state index is -4.65. The molecule has 0 bridgehead atoms. The van der Waals surface area contributed by atoms with E-state index in [-0.39, 0.29) is 16.4 Å². The van der Waals surface area contributed by atoms with Crippen LogP contribution in [0.2, 0.25) is 5.02 Å². The second-order valence-corrected chi connectivity index (χ2v) is 6.62. The summed E-state index contributed by atoms with van der Waals surface area (Å²) in [5, 5.41) is 2.24. The van der Waals surface area contributed by atoms with Crippen LogP contribution in [0.5, 0.6) is 0 Å². The number of anilines is 1. The van der Waals surface area contributed by atoms with Gasteiger partial charge in [0.1, 0.15) is 11.3 Å². The zero-order valence-electron chi connectivity index (χ0n) is 12.7. The molecule has 3 rings (SSSR count). The van der Waals surface area contributed by atoms with Gasteiger partial charge in [0.15, 0.2) is 0 Å². The van der Waals surface area contributed by atoms with Gasteiger partial charge in [-0.1, -0.05) is 11.6 Å². The zero-order chi connectivity index (χ0) is 18.4. The lowest BCUT2D eigenvalue weighted by Gasteiger charge is -2.14. The van der Waals surface area contributed by atoms with Gasteiger partial charge in [-0.25, -0.2) is 4.98 Å². The number of aryl methyl sites for hydroxylation is 1. The number of alkyl halides is 3. The molecule has 0 atom stereocenters. The molecule has 0 unspecified atom stereocenters. The number of hydrogen-bond acceptors (Lipinski definition) is 2. The lowest BCUT2D eigenvalue weighted by Crippen LogP contribution is -2.19. The van der Waals surface area contributed by atoms with Crippen molar-refractivity contribution in [3.8, 4) is 0 Å². The van der Waals surface area contributed by atoms with Gasteiger partial charge in [0, 0.05) is 15.7 Å². The molecule has 0 spiro atoms. The smallest absolute Gasteiger partial charge is 0.320 e. The number of rotatable bonds is 2. The van der Waals surface area contributed by atoms with Crippen molar-refractivity contribution < 1.29 is 18.0 Å². The highest BCUT2D eigenvalue weighted by molar-refractivity contribution is 9.10. The third-order valence-corrected chi connectivity index (χ3v) is 4.21. The number of pyridine rings is 1. The number of fused-ring (bicyclic) bond motifs is 1. The SMILES string of the molecule is Cc1nc2ccc(Br)cn2c1C(=O)Nc1ccc(Cl)cc1C(F)(F)F. The number of carbonyl (C=O) groups is 1. The Kier molecular flexibility index (Phi) is 4.51. The highest BCUT2D eigenvalue weighted by atomic mass is 79.9. The molecule has 0 saturated heterocycles. The molecule has 4 nitrogen and oxygen atoms in total. The van der Waals surface area contributed by atoms with Crippen LogP contribution < -0.4 is 5.32 Å². The highest BCUT2D eigenvalue weighted by Crippen LogP contribution is 2.36. The molecule has 0 fully saturated rings. The number of carbonyl (C=O) groups excluding carboxylic acids is 1. The van der Waals surface area contributed by atoms with Gasteiger partial charge >= 0.3 is 6.18 Å². The Morgan fingerprint density at radius 1 is 1.28 bits per heavy atom. The van der Waals surface area contributed by atoms with E-state index in [1.165, 1.54) is 10.5 Å². The van der Waals surface area contributed by atoms with Crippen LogP contribution in [0.15, 0.2) is 41.0 Å². The first-order chi connectivity index (χ1) is 11.7. The first-order valence-corrected chi connectivity index (χ1v) is 8.16. The third kappa shape index (κ3) is 3.50. The van der Waals surface area contributed by atoms with E-state index in [0.717, 1.165) is 12.1 Å². The third-order valence-electron chi connectivity index (χ3n) is 3.51. The number of aromatic nitrogens is 2. The van der Waals surface area contributed by atoms with Crippen LogP contribution in [-0.2, 0) is 6.18 Å². The molecule has 1 amide bonds. The molecule has 2 heterocycles. The van der Waals surface area contributed by atoms with Gasteiger partial charge in [0.05, 0.1) is 16.9 Å². The van der Waals surface area contributed by atoms with Crippen LogP contribution in [0.4, 0.5) is 18.9 Å². The van der Waals surface area contributed by atoms with E-state index < -0.39 is 17.6 Å². The van der Waals surface area contributed by atoms with Gasteiger partial charge in [-0.2, -0.15) is 13.2 Å². The van der Waals surface area contributed by atoms with Crippen molar-refractivity contribution in [2.24, 2.45) is 0 Å². The van der Waals surface area contributed by atoms with Crippen molar-refractivity contribution >= 4 is 44.8 Å². The van der Waals surface area contributed by atoms with Gasteiger partial charge in [0.2, 0.25) is 0 Å². The van der Waals surface area contributed by atoms with E-state index in [2.05, 4.69) is 26.2 Å². The molecule has 3 aromatic rings. The predicted octanol–water partition coefficient (Wildman–Crippen LogP) is 5.33. The summed E-state index contributed by atoms with van der Waals surface area (Å²) in [6.45, 7) is 1.61. The quantitative estimate of drug-likeness (QED) is 0.595. The summed E-state index contributed by atoms with van der Waals surface area (Å²) in [7, 11) is 0. The maximum atomic E-state index is 13.2. The number of imidazole rings is 1. The Morgan fingerprint density at radius 2 is 2.00 bits per heavy atom. The molecular formula is C16H10BrClF3N3O. The molecule has 9 heteroatoms. The summed E-state index contributed by atoms with van der Waals surface area (Å²) >= 11 is 8.94. The largest absolute Gasteiger partial charge is 0.418 e. The fourth-order valence-electron chi connectivity index (χ4n) is 2.45. The Bertz CT molecular complexity index is 985. The molecule has 0 radical (unpaired) electrons. The molecule has 1 aromatic carbocycles. The summed E-state index contributed by atoms with van der Waals surface area (Å²) in [6, 6.07) is 6.62. The van der Waals surface area contributed by atoms with Crippen molar-refractivity contribution in [2.75, 3.05) is 5.32 Å². The molecule has 0 saturated carbocycles. The number of hydrogen-bond donors (Lipinski definition) is 1. The van der Waals surface area contributed by atoms with Crippen molar-refractivity contribution in [3.05, 3.63) is 63.0 Å². The van der Waals surface area contributed by atoms with Gasteiger partial charge in [0.25, 0.3) is 5.91 Å². The maximum absolute atomic E-state index is 13.2. The molecule has 0 aliphatic carbocycles. The summed E-state index contributed by atoms with van der Waals surface area (Å²) in [5.41, 5.74) is -0.317. The van der Waals surface area contributed by atoms with E-state index in [1.54, 1.807) is 25.3 Å². The summed E-state index contributed by atoms with van der Waals surface area (Å²) in [4.78, 5) is 16.8. The molecular weight excluding hydrogens is 423 g/mol. The molecule has 1 N–H and O–H groups in total. The summed E-state index contributed by atoms with van der Waals surface area (Å²) in [5.74, 6) is -0.698. The van der Waals surface area contributed by atoms with Crippen LogP contribution in [-0.4, -0.2) is 15.3 Å². The van der Waals surface area contributed by atoms with Crippen molar-refractivity contribution in [1.82, 2.24) is 9.38 Å². The number of nitrogens with zero attached hydrogens (tertiary/aromatic N) is 2. The second-order valence-electron chi connectivity index (χ2n) is 5.26. The van der Waals surface area contributed by atoms with E-state index in [4.69, 9.17) is 11.6 Å². The van der Waals surface area contributed by atoms with Gasteiger partial charge in [-0.3, -0.25) is 9.20 Å². The Hall–Kier alpha value is -2.06. The van der Waals surface area contributed by atoms with Crippen LogP contribution in [0.3, 0.4) is 0 Å². The van der Waals surface area contributed by atoms with E-state index in [0.29, 0.717) is 15.8 Å². The highest BCUT2D eigenvalue weighted by Gasteiger charge is 2.34. The van der Waals surface area contributed by atoms with Gasteiger partial charge in [-0.05, 0) is 53.2 Å². The maximum Gasteiger partial charge on any atom is 0.418 e. The standard InChI is InChI=1S/C16H10BrClF3N3O/c1-8-14(24-7-9(17)2-5-13(24)22-8)15(25)23-12-4-3-10(18)6-11(12)16(19,20)21/h2-7H,1H3,(H,23,25). The summed E-state index contributed by atoms with van der Waals surface area (Å²) in [6.07, 6.45) is -3.03. The van der Waals surface area contributed by atoms with E-state index >= 15 is 0 Å². The van der Waals surface area contributed by atoms with Crippen molar-refractivity contribution in [2.45, 2.75) is 13.1 Å². The molecule has 130 valence electrons. The normalized spacial score (nSPS) is 11.8. The second kappa shape index (κ2) is 6.34. The van der Waals surface area contributed by atoms with Crippen LogP contribution in [0.25, 0.3) is 5.65 Å². The average molecular weight is 433 g/mol. The molecule has 0 aliphatic rings. The Balaban J connectivity index is 2.05. The number of halogens is 5. The minimum absolute atomic E-state index is 0.0692. The van der Waals surface area contributed by atoms with Crippen molar-refractivity contribution in [3.63, 3.8) is 0 Å². The van der Waals surface area contributed by atoms with Crippen LogP contribution in [0.1, 0.15) is 21.7 Å². The zero-order valence-corrected chi connectivity index (χ0v) is 15.0. The van der Waals surface area contributed by atoms with Crippen LogP contribution >= 0.6 is 27.5 Å². The number of benzene rings is 1. The molecule has 25 heavy (non-hydrogen) atoms. The average Bonchev–Trinajstić information content (AvgIpc) is 2.83. The number of amides is 1. The fraction of sp³-hybridized carbons (Fsp3) is 0.125. The van der Waals surface area contributed by atoms with Gasteiger partial charge < -0.3 is 5.32 Å². The van der Waals surface area contributed by atoms with Crippen LogP contribution in [0, 0.1) is 6.92 Å². The first-order valence-electron chi connectivity index (χ1n) is 6.99. The fourth-order valence-corrected chi connectivity index (χ4v) is 2.96. The summed E-state index contributed by atoms with van der Waals surface area (Å²) < 4.78 is 41.7. The van der Waals surface area contributed by atoms with E-state index in [9.17, 15) is 18.0 Å². The first kappa shape index (κ1) is 17.8. The topological polar surface area (TPSA) is 46.4 Å². The van der Waals surface area contributed by atoms with E-state index in [1.807, 2.05) is 0 Å². The van der Waals surface area contributed by atoms with Gasteiger partial charge in [-0.15, -0.1) is 0 Å². The Morgan fingerprint density at radius 3 is 2.68 bits per heavy atom. The van der Waals surface area contributed by atoms with Crippen molar-refractivity contribution in [1.29, 1.82) is 0 Å². The predicted molar refractivity (Wildman–Crippen MR) is 92.0 cm³/mol. The monoisotopic (exact) mass is 431 g/mol. The Labute approximate surface area is 153 Å². The molecule has 0 aliphatic heterocycles. The number of nitrogens with one attached hydrogen (secondary N) is 1.